The molecule has 0 radical (unpaired) electrons. The summed E-state index contributed by atoms with van der Waals surface area (Å²) in [4.78, 5) is 25.0. The van der Waals surface area contributed by atoms with Crippen molar-refractivity contribution in [1.82, 2.24) is 5.32 Å². The molecule has 1 aliphatic heterocycles. The Bertz CT molecular complexity index is 1490. The van der Waals surface area contributed by atoms with Gasteiger partial charge in [0.2, 0.25) is 5.91 Å². The van der Waals surface area contributed by atoms with E-state index in [1.54, 1.807) is 6.08 Å². The van der Waals surface area contributed by atoms with Crippen molar-refractivity contribution in [2.45, 2.75) is 275 Å². The molecule has 1 aliphatic rings. The van der Waals surface area contributed by atoms with E-state index in [-0.39, 0.29) is 18.5 Å². The second-order valence-electron chi connectivity index (χ2n) is 20.0. The Morgan fingerprint density at radius 3 is 1.58 bits per heavy atom. The molecule has 1 saturated heterocycles. The van der Waals surface area contributed by atoms with Crippen LogP contribution in [0.5, 0.6) is 0 Å². The summed E-state index contributed by atoms with van der Waals surface area (Å²) in [5.41, 5.74) is 0. The van der Waals surface area contributed by atoms with Gasteiger partial charge in [0.25, 0.3) is 0 Å². The zero-order chi connectivity index (χ0) is 53.1. The van der Waals surface area contributed by atoms with Crippen molar-refractivity contribution in [3.8, 4) is 0 Å². The molecule has 0 aliphatic carbocycles. The predicted octanol–water partition coefficient (Wildman–Crippen LogP) is 13.4. The Balaban J connectivity index is 2.08. The summed E-state index contributed by atoms with van der Waals surface area (Å²) in [7, 11) is 0. The average Bonchev–Trinajstić information content (AvgIpc) is 3.39. The number of nitrogens with one attached hydrogen (secondary N) is 1. The molecule has 73 heavy (non-hydrogen) atoms. The van der Waals surface area contributed by atoms with Crippen LogP contribution in [0.2, 0.25) is 0 Å². The summed E-state index contributed by atoms with van der Waals surface area (Å²) >= 11 is 0. The molecule has 0 aromatic carbocycles. The number of rotatable bonds is 49. The molecule has 0 spiro atoms. The number of carbonyl (C=O) groups is 2. The maximum atomic E-state index is 13.0. The molecule has 420 valence electrons. The number of carbonyl (C=O) groups excluding carboxylic acids is 2. The monoisotopic (exact) mass is 1030 g/mol. The van der Waals surface area contributed by atoms with Gasteiger partial charge in [-0.25, -0.2) is 0 Å². The lowest BCUT2D eigenvalue weighted by atomic mass is 9.99. The van der Waals surface area contributed by atoms with Crippen molar-refractivity contribution in [2.24, 2.45) is 0 Å². The van der Waals surface area contributed by atoms with Gasteiger partial charge in [-0.05, 0) is 116 Å². The van der Waals surface area contributed by atoms with Gasteiger partial charge >= 0.3 is 5.97 Å². The molecular weight excluding hydrogens is 919 g/mol. The number of unbranched alkanes of at least 4 members (excludes halogenated alkanes) is 24. The van der Waals surface area contributed by atoms with Crippen LogP contribution in [-0.2, 0) is 23.8 Å². The van der Waals surface area contributed by atoms with Crippen LogP contribution in [0.3, 0.4) is 0 Å². The Morgan fingerprint density at radius 2 is 1.01 bits per heavy atom. The molecule has 1 rings (SSSR count). The van der Waals surface area contributed by atoms with Crippen molar-refractivity contribution >= 4 is 11.9 Å². The first-order chi connectivity index (χ1) is 35.7. The van der Waals surface area contributed by atoms with E-state index in [1.165, 1.54) is 89.9 Å². The van der Waals surface area contributed by atoms with Gasteiger partial charge in [0.15, 0.2) is 6.29 Å². The minimum atomic E-state index is -1.59. The molecule has 1 heterocycles. The smallest absolute Gasteiger partial charge is 0.305 e. The van der Waals surface area contributed by atoms with Crippen LogP contribution in [0.15, 0.2) is 85.1 Å². The van der Waals surface area contributed by atoms with Crippen LogP contribution in [0.25, 0.3) is 0 Å². The fraction of sp³-hybridized carbons (Fsp3) is 0.742. The number of allylic oxidation sites excluding steroid dienone is 13. The topological polar surface area (TPSA) is 175 Å². The van der Waals surface area contributed by atoms with Gasteiger partial charge in [0.05, 0.1) is 32.0 Å². The summed E-state index contributed by atoms with van der Waals surface area (Å²) in [5, 5.41) is 54.2. The summed E-state index contributed by atoms with van der Waals surface area (Å²) < 4.78 is 16.6. The normalized spacial score (nSPS) is 19.6. The lowest BCUT2D eigenvalue weighted by Crippen LogP contribution is -2.60. The minimum absolute atomic E-state index is 0.0442. The largest absolute Gasteiger partial charge is 0.466 e. The van der Waals surface area contributed by atoms with Gasteiger partial charge in [-0.15, -0.1) is 0 Å². The second-order valence-corrected chi connectivity index (χ2v) is 20.0. The number of ether oxygens (including phenoxy) is 3. The van der Waals surface area contributed by atoms with E-state index in [0.29, 0.717) is 25.9 Å². The summed E-state index contributed by atoms with van der Waals surface area (Å²) in [6, 6.07) is -0.844. The van der Waals surface area contributed by atoms with Gasteiger partial charge in [0, 0.05) is 12.8 Å². The van der Waals surface area contributed by atoms with E-state index in [2.05, 4.69) is 92.1 Å². The van der Waals surface area contributed by atoms with Crippen molar-refractivity contribution in [1.29, 1.82) is 0 Å². The number of aliphatic hydroxyl groups is 5. The lowest BCUT2D eigenvalue weighted by Gasteiger charge is -2.40. The average molecular weight is 1030 g/mol. The molecule has 7 atom stereocenters. The summed E-state index contributed by atoms with van der Waals surface area (Å²) in [6.45, 7) is 4.11. The molecule has 11 heteroatoms. The van der Waals surface area contributed by atoms with E-state index < -0.39 is 49.5 Å². The molecule has 0 aromatic rings. The highest BCUT2D eigenvalue weighted by Crippen LogP contribution is 2.23. The van der Waals surface area contributed by atoms with Gasteiger partial charge in [-0.2, -0.15) is 0 Å². The third-order valence-electron chi connectivity index (χ3n) is 13.2. The van der Waals surface area contributed by atoms with Crippen LogP contribution in [0, 0.1) is 0 Å². The zero-order valence-corrected chi connectivity index (χ0v) is 46.1. The fourth-order valence-corrected chi connectivity index (χ4v) is 8.55. The minimum Gasteiger partial charge on any atom is -0.466 e. The summed E-state index contributed by atoms with van der Waals surface area (Å²) in [6.07, 6.45) is 58.3. The molecule has 7 unspecified atom stereocenters. The molecule has 0 saturated carbocycles. The van der Waals surface area contributed by atoms with Crippen molar-refractivity contribution in [2.75, 3.05) is 19.8 Å². The lowest BCUT2D eigenvalue weighted by molar-refractivity contribution is -0.302. The van der Waals surface area contributed by atoms with Crippen LogP contribution < -0.4 is 5.32 Å². The maximum Gasteiger partial charge on any atom is 0.305 e. The number of hydrogen-bond acceptors (Lipinski definition) is 10. The third-order valence-corrected chi connectivity index (χ3v) is 13.2. The van der Waals surface area contributed by atoms with Crippen LogP contribution in [0.4, 0.5) is 0 Å². The first-order valence-electron chi connectivity index (χ1n) is 29.4. The van der Waals surface area contributed by atoms with E-state index >= 15 is 0 Å². The highest BCUT2D eigenvalue weighted by molar-refractivity contribution is 5.76. The maximum absolute atomic E-state index is 13.0. The van der Waals surface area contributed by atoms with E-state index in [1.807, 2.05) is 6.08 Å². The Hall–Kier alpha value is -3.16. The van der Waals surface area contributed by atoms with E-state index in [4.69, 9.17) is 14.2 Å². The van der Waals surface area contributed by atoms with Crippen molar-refractivity contribution in [3.63, 3.8) is 0 Å². The Labute approximate surface area is 444 Å². The molecular formula is C62H107NO10. The number of hydrogen-bond donors (Lipinski definition) is 6. The molecule has 0 aromatic heterocycles. The van der Waals surface area contributed by atoms with Crippen LogP contribution in [-0.4, -0.2) is 100 Å². The van der Waals surface area contributed by atoms with Crippen LogP contribution >= 0.6 is 0 Å². The van der Waals surface area contributed by atoms with E-state index in [0.717, 1.165) is 109 Å². The van der Waals surface area contributed by atoms with Gasteiger partial charge < -0.3 is 45.1 Å². The first-order valence-corrected chi connectivity index (χ1v) is 29.4. The zero-order valence-electron chi connectivity index (χ0n) is 46.1. The number of esters is 1. The summed E-state index contributed by atoms with van der Waals surface area (Å²) in [5.74, 6) is -0.255. The molecule has 0 bridgehead atoms. The molecule has 6 N–H and O–H groups in total. The van der Waals surface area contributed by atoms with Gasteiger partial charge in [0.1, 0.15) is 24.4 Å². The van der Waals surface area contributed by atoms with Gasteiger partial charge in [-0.3, -0.25) is 9.59 Å². The Kier molecular flexibility index (Phi) is 47.4. The second kappa shape index (κ2) is 51.0. The van der Waals surface area contributed by atoms with Crippen molar-refractivity contribution in [3.05, 3.63) is 85.1 Å². The highest BCUT2D eigenvalue weighted by atomic mass is 16.7. The Morgan fingerprint density at radius 1 is 0.534 bits per heavy atom. The number of aliphatic hydroxyl groups excluding tert-OH is 5. The van der Waals surface area contributed by atoms with Crippen molar-refractivity contribution < 1.29 is 49.3 Å². The third kappa shape index (κ3) is 40.8. The van der Waals surface area contributed by atoms with Gasteiger partial charge in [-0.1, -0.05) is 189 Å². The first kappa shape index (κ1) is 67.9. The number of amides is 1. The standard InChI is InChI=1S/C62H107NO10/c1-3-5-7-9-11-13-15-16-17-24-27-30-34-38-42-46-50-58(67)71-51-47-43-39-35-31-28-25-22-20-18-19-21-23-26-29-33-37-41-45-49-57(66)63-54(53-72-62-61(70)60(69)59(68)56(52-64)73-62)55(65)48-44-40-36-32-14-12-10-8-6-4-2/h6,8,13-15,17,22,24-25,28,31-32,44,48,54-56,59-62,64-65,68-70H,3-5,7,9-12,16,18-21,23,26-27,29-30,33-43,45-47,49-53H2,1-2H3,(H,63,66)/b8-6+,15-13-,24-17-,25-22-,31-28-,32-14+,48-44+. The SMILES string of the molecule is CC/C=C/CC/C=C/CC/C=C/C(O)C(COC1OC(CO)C(O)C(O)C1O)NC(=O)CCCCCCCCCCCC/C=C\C=C/CCCCCOC(=O)CCCCCCC/C=C\C/C=C\CCCCCC. The van der Waals surface area contributed by atoms with E-state index in [9.17, 15) is 35.1 Å². The highest BCUT2D eigenvalue weighted by Gasteiger charge is 2.44. The molecule has 11 nitrogen and oxygen atoms in total. The van der Waals surface area contributed by atoms with Crippen LogP contribution in [0.1, 0.15) is 232 Å². The molecule has 1 amide bonds. The fourth-order valence-electron chi connectivity index (χ4n) is 8.55. The molecule has 1 fully saturated rings. The quantitative estimate of drug-likeness (QED) is 0.0149. The predicted molar refractivity (Wildman–Crippen MR) is 301 cm³/mol.